The van der Waals surface area contributed by atoms with Crippen LogP contribution in [0.3, 0.4) is 0 Å². The minimum atomic E-state index is -1.44. The Bertz CT molecular complexity index is 728. The van der Waals surface area contributed by atoms with Crippen LogP contribution in [0.2, 0.25) is 0 Å². The number of aromatic hydroxyl groups is 4. The first kappa shape index (κ1) is 14.3. The minimum absolute atomic E-state index is 0.0212. The molecule has 0 aliphatic carbocycles. The Morgan fingerprint density at radius 2 is 1.55 bits per heavy atom. The van der Waals surface area contributed by atoms with Crippen LogP contribution in [-0.2, 0) is 0 Å². The highest BCUT2D eigenvalue weighted by Gasteiger charge is 2.39. The van der Waals surface area contributed by atoms with Gasteiger partial charge in [-0.1, -0.05) is 6.07 Å². The number of fused-ring (bicyclic) bond motifs is 1. The third kappa shape index (κ3) is 2.16. The second kappa shape index (κ2) is 4.97. The number of phenolic OH excluding ortho intramolecular Hbond substituents is 4. The lowest BCUT2D eigenvalue weighted by molar-refractivity contribution is -0.0711. The summed E-state index contributed by atoms with van der Waals surface area (Å²) in [6, 6.07) is 6.08. The van der Waals surface area contributed by atoms with Gasteiger partial charge in [0.25, 0.3) is 0 Å². The van der Waals surface area contributed by atoms with Crippen molar-refractivity contribution >= 4 is 0 Å². The van der Waals surface area contributed by atoms with E-state index < -0.39 is 29.8 Å². The highest BCUT2D eigenvalue weighted by molar-refractivity contribution is 5.53. The Hall–Kier alpha value is -2.64. The fourth-order valence-corrected chi connectivity index (χ4v) is 2.52. The zero-order valence-electron chi connectivity index (χ0n) is 11.2. The molecular formula is C15H14O7. The van der Waals surface area contributed by atoms with Crippen LogP contribution in [0.25, 0.3) is 0 Å². The van der Waals surface area contributed by atoms with E-state index in [1.165, 1.54) is 24.3 Å². The topological polar surface area (TPSA) is 131 Å². The van der Waals surface area contributed by atoms with Crippen LogP contribution in [0.5, 0.6) is 28.7 Å². The first-order chi connectivity index (χ1) is 10.4. The van der Waals surface area contributed by atoms with Crippen molar-refractivity contribution in [3.05, 3.63) is 41.5 Å². The molecule has 0 unspecified atom stereocenters. The van der Waals surface area contributed by atoms with E-state index in [-0.39, 0.29) is 22.8 Å². The number of aliphatic hydroxyl groups is 2. The second-order valence-corrected chi connectivity index (χ2v) is 5.10. The number of ether oxygens (including phenoxy) is 1. The van der Waals surface area contributed by atoms with Gasteiger partial charge < -0.3 is 35.4 Å². The first-order valence-electron chi connectivity index (χ1n) is 6.49. The molecule has 0 spiro atoms. The molecule has 1 aliphatic rings. The monoisotopic (exact) mass is 306 g/mol. The van der Waals surface area contributed by atoms with Crippen molar-refractivity contribution in [1.29, 1.82) is 0 Å². The van der Waals surface area contributed by atoms with Gasteiger partial charge in [-0.2, -0.15) is 0 Å². The van der Waals surface area contributed by atoms with Gasteiger partial charge >= 0.3 is 0 Å². The van der Waals surface area contributed by atoms with Gasteiger partial charge in [-0.05, 0) is 17.7 Å². The minimum Gasteiger partial charge on any atom is -0.508 e. The van der Waals surface area contributed by atoms with Crippen LogP contribution < -0.4 is 4.74 Å². The molecule has 3 atom stereocenters. The zero-order chi connectivity index (χ0) is 16.0. The molecule has 1 heterocycles. The molecule has 6 N–H and O–H groups in total. The molecule has 0 saturated carbocycles. The predicted octanol–water partition coefficient (Wildman–Crippen LogP) is 1.04. The molecule has 0 saturated heterocycles. The van der Waals surface area contributed by atoms with Crippen molar-refractivity contribution in [2.75, 3.05) is 0 Å². The van der Waals surface area contributed by atoms with E-state index >= 15 is 0 Å². The molecule has 0 aromatic heterocycles. The van der Waals surface area contributed by atoms with Crippen LogP contribution in [0.15, 0.2) is 30.3 Å². The van der Waals surface area contributed by atoms with E-state index in [4.69, 9.17) is 4.74 Å². The van der Waals surface area contributed by atoms with E-state index in [9.17, 15) is 30.6 Å². The number of aliphatic hydroxyl groups excluding tert-OH is 2. The molecule has 2 aromatic rings. The predicted molar refractivity (Wildman–Crippen MR) is 73.9 cm³/mol. The largest absolute Gasteiger partial charge is 0.508 e. The normalized spacial score (nSPS) is 23.6. The highest BCUT2D eigenvalue weighted by Crippen LogP contribution is 2.47. The fourth-order valence-electron chi connectivity index (χ4n) is 2.52. The smallest absolute Gasteiger partial charge is 0.157 e. The van der Waals surface area contributed by atoms with Crippen LogP contribution >= 0.6 is 0 Å². The summed E-state index contributed by atoms with van der Waals surface area (Å²) in [4.78, 5) is 0. The molecular weight excluding hydrogens is 292 g/mol. The zero-order valence-corrected chi connectivity index (χ0v) is 11.2. The standard InChI is InChI=1S/C15H14O7/c16-7-4-10(19)12-11(5-7)22-15(14(21)13(12)20)6-1-2-8(17)9(18)3-6/h1-5,13-21H/t13-,14+,15+/m0/s1. The Balaban J connectivity index is 2.06. The molecule has 0 fully saturated rings. The van der Waals surface area contributed by atoms with Crippen molar-refractivity contribution in [2.24, 2.45) is 0 Å². The summed E-state index contributed by atoms with van der Waals surface area (Å²) in [5, 5.41) is 58.5. The molecule has 116 valence electrons. The Labute approximate surface area is 124 Å². The van der Waals surface area contributed by atoms with Crippen molar-refractivity contribution in [2.45, 2.75) is 18.3 Å². The van der Waals surface area contributed by atoms with Gasteiger partial charge in [0.15, 0.2) is 17.6 Å². The molecule has 3 rings (SSSR count). The molecule has 0 bridgehead atoms. The third-order valence-electron chi connectivity index (χ3n) is 3.62. The van der Waals surface area contributed by atoms with Crippen LogP contribution in [0, 0.1) is 0 Å². The number of hydrogen-bond acceptors (Lipinski definition) is 7. The fraction of sp³-hybridized carbons (Fsp3) is 0.200. The van der Waals surface area contributed by atoms with E-state index in [2.05, 4.69) is 0 Å². The van der Waals surface area contributed by atoms with Crippen LogP contribution in [-0.4, -0.2) is 36.7 Å². The summed E-state index contributed by atoms with van der Waals surface area (Å²) in [5.41, 5.74) is 0.292. The summed E-state index contributed by atoms with van der Waals surface area (Å²) in [6.45, 7) is 0. The lowest BCUT2D eigenvalue weighted by Crippen LogP contribution is -2.34. The molecule has 0 amide bonds. The van der Waals surface area contributed by atoms with Gasteiger partial charge in [0.1, 0.15) is 29.5 Å². The van der Waals surface area contributed by atoms with Crippen molar-refractivity contribution in [1.82, 2.24) is 0 Å². The summed E-state index contributed by atoms with van der Waals surface area (Å²) >= 11 is 0. The van der Waals surface area contributed by atoms with Gasteiger partial charge in [-0.15, -0.1) is 0 Å². The highest BCUT2D eigenvalue weighted by atomic mass is 16.5. The summed E-state index contributed by atoms with van der Waals surface area (Å²) in [7, 11) is 0. The quantitative estimate of drug-likeness (QED) is 0.434. The van der Waals surface area contributed by atoms with Crippen molar-refractivity contribution in [3.63, 3.8) is 0 Å². The average molecular weight is 306 g/mol. The maximum absolute atomic E-state index is 10.2. The second-order valence-electron chi connectivity index (χ2n) is 5.10. The van der Waals surface area contributed by atoms with Crippen molar-refractivity contribution in [3.8, 4) is 28.7 Å². The maximum atomic E-state index is 10.2. The summed E-state index contributed by atoms with van der Waals surface area (Å²) in [6.07, 6.45) is -3.90. The first-order valence-corrected chi connectivity index (χ1v) is 6.49. The number of benzene rings is 2. The Morgan fingerprint density at radius 1 is 0.818 bits per heavy atom. The number of phenols is 4. The average Bonchev–Trinajstić information content (AvgIpc) is 2.45. The SMILES string of the molecule is Oc1cc(O)c2c(c1)O[C@H](c1ccc(O)c(O)c1)[C@H](O)[C@H]2O. The van der Waals surface area contributed by atoms with Gasteiger partial charge in [0.05, 0.1) is 5.56 Å². The van der Waals surface area contributed by atoms with Gasteiger partial charge in [0, 0.05) is 12.1 Å². The molecule has 7 nitrogen and oxygen atoms in total. The van der Waals surface area contributed by atoms with E-state index in [1.807, 2.05) is 0 Å². The molecule has 22 heavy (non-hydrogen) atoms. The van der Waals surface area contributed by atoms with Crippen LogP contribution in [0.4, 0.5) is 0 Å². The molecule has 2 aromatic carbocycles. The van der Waals surface area contributed by atoms with Crippen LogP contribution in [0.1, 0.15) is 23.3 Å². The van der Waals surface area contributed by atoms with Gasteiger partial charge in [0.2, 0.25) is 0 Å². The molecule has 1 aliphatic heterocycles. The summed E-state index contributed by atoms with van der Waals surface area (Å²) in [5.74, 6) is -1.36. The lowest BCUT2D eigenvalue weighted by atomic mass is 9.91. The van der Waals surface area contributed by atoms with E-state index in [0.29, 0.717) is 5.56 Å². The number of rotatable bonds is 1. The number of hydrogen-bond donors (Lipinski definition) is 6. The lowest BCUT2D eigenvalue weighted by Gasteiger charge is -2.34. The van der Waals surface area contributed by atoms with Gasteiger partial charge in [-0.25, -0.2) is 0 Å². The molecule has 7 heteroatoms. The Morgan fingerprint density at radius 3 is 2.23 bits per heavy atom. The Kier molecular flexibility index (Phi) is 3.23. The van der Waals surface area contributed by atoms with E-state index in [0.717, 1.165) is 6.07 Å². The summed E-state index contributed by atoms with van der Waals surface area (Å²) < 4.78 is 5.53. The van der Waals surface area contributed by atoms with Crippen molar-refractivity contribution < 1.29 is 35.4 Å². The van der Waals surface area contributed by atoms with Gasteiger partial charge in [-0.3, -0.25) is 0 Å². The molecule has 0 radical (unpaired) electrons. The maximum Gasteiger partial charge on any atom is 0.157 e. The third-order valence-corrected chi connectivity index (χ3v) is 3.62. The van der Waals surface area contributed by atoms with E-state index in [1.54, 1.807) is 0 Å².